The van der Waals surface area contributed by atoms with Crippen molar-refractivity contribution in [1.82, 2.24) is 4.90 Å². The maximum atomic E-state index is 11.9. The van der Waals surface area contributed by atoms with Crippen molar-refractivity contribution >= 4 is 12.4 Å². The third-order valence-corrected chi connectivity index (χ3v) is 3.19. The van der Waals surface area contributed by atoms with Gasteiger partial charge in [-0.2, -0.15) is 0 Å². The number of hydrogen-bond donors (Lipinski definition) is 0. The molecule has 0 N–H and O–H groups in total. The molecule has 0 radical (unpaired) electrons. The summed E-state index contributed by atoms with van der Waals surface area (Å²) >= 11 is 0. The van der Waals surface area contributed by atoms with Crippen molar-refractivity contribution in [3.05, 3.63) is 35.9 Å². The fourth-order valence-electron chi connectivity index (χ4n) is 2.23. The van der Waals surface area contributed by atoms with Crippen molar-refractivity contribution in [3.8, 4) is 0 Å². The van der Waals surface area contributed by atoms with Gasteiger partial charge in [-0.15, -0.1) is 0 Å². The summed E-state index contributed by atoms with van der Waals surface area (Å²) in [5.41, 5.74) is 0.969. The van der Waals surface area contributed by atoms with Crippen molar-refractivity contribution in [2.75, 3.05) is 6.54 Å². The van der Waals surface area contributed by atoms with Crippen molar-refractivity contribution in [1.29, 1.82) is 0 Å². The maximum Gasteiger partial charge on any atom is 0.410 e. The second-order valence-corrected chi connectivity index (χ2v) is 4.43. The number of aldehydes is 1. The van der Waals surface area contributed by atoms with E-state index in [0.717, 1.165) is 24.7 Å². The average Bonchev–Trinajstić information content (AvgIpc) is 2.86. The number of nitrogens with zero attached hydrogens (tertiary/aromatic N) is 1. The summed E-state index contributed by atoms with van der Waals surface area (Å²) in [7, 11) is 0. The van der Waals surface area contributed by atoms with Gasteiger partial charge in [-0.1, -0.05) is 30.3 Å². The summed E-state index contributed by atoms with van der Waals surface area (Å²) in [5, 5.41) is 0. The first-order chi connectivity index (χ1) is 8.81. The number of ether oxygens (including phenoxy) is 1. The van der Waals surface area contributed by atoms with Gasteiger partial charge in [0.1, 0.15) is 12.9 Å². The Hall–Kier alpha value is -1.84. The second-order valence-electron chi connectivity index (χ2n) is 4.43. The molecule has 96 valence electrons. The van der Waals surface area contributed by atoms with Gasteiger partial charge in [-0.3, -0.25) is 0 Å². The number of likely N-dealkylation sites (tertiary alicyclic amines) is 1. The molecule has 0 saturated carbocycles. The first-order valence-electron chi connectivity index (χ1n) is 6.22. The number of hydrogen-bond acceptors (Lipinski definition) is 3. The monoisotopic (exact) mass is 247 g/mol. The van der Waals surface area contributed by atoms with Gasteiger partial charge in [-0.05, 0) is 18.4 Å². The van der Waals surface area contributed by atoms with E-state index in [1.54, 1.807) is 4.90 Å². The largest absolute Gasteiger partial charge is 0.445 e. The number of benzene rings is 1. The van der Waals surface area contributed by atoms with Gasteiger partial charge in [0.05, 0.1) is 0 Å². The highest BCUT2D eigenvalue weighted by atomic mass is 16.6. The van der Waals surface area contributed by atoms with Crippen LogP contribution in [0.15, 0.2) is 30.3 Å². The van der Waals surface area contributed by atoms with Crippen LogP contribution >= 0.6 is 0 Å². The Morgan fingerprint density at radius 3 is 2.89 bits per heavy atom. The summed E-state index contributed by atoms with van der Waals surface area (Å²) < 4.78 is 5.26. The molecule has 0 aliphatic carbocycles. The fourth-order valence-corrected chi connectivity index (χ4v) is 2.23. The molecule has 18 heavy (non-hydrogen) atoms. The molecule has 2 rings (SSSR count). The van der Waals surface area contributed by atoms with E-state index in [1.807, 2.05) is 30.3 Å². The number of carbonyl (C=O) groups is 2. The molecule has 4 heteroatoms. The Labute approximate surface area is 107 Å². The normalized spacial score (nSPS) is 18.7. The third kappa shape index (κ3) is 3.09. The molecule has 1 saturated heterocycles. The minimum absolute atomic E-state index is 0.0192. The second kappa shape index (κ2) is 6.19. The fraction of sp³-hybridized carbons (Fsp3) is 0.429. The molecule has 1 aliphatic heterocycles. The van der Waals surface area contributed by atoms with Gasteiger partial charge in [-0.25, -0.2) is 4.79 Å². The van der Waals surface area contributed by atoms with Crippen LogP contribution in [-0.4, -0.2) is 29.9 Å². The summed E-state index contributed by atoms with van der Waals surface area (Å²) in [6.07, 6.45) is 2.79. The quantitative estimate of drug-likeness (QED) is 0.767. The topological polar surface area (TPSA) is 46.6 Å². The molecule has 4 nitrogen and oxygen atoms in total. The molecule has 1 aliphatic rings. The Bertz CT molecular complexity index is 405. The molecule has 0 bridgehead atoms. The van der Waals surface area contributed by atoms with Crippen LogP contribution in [0.1, 0.15) is 24.8 Å². The predicted molar refractivity (Wildman–Crippen MR) is 67.0 cm³/mol. The molecule has 0 aromatic heterocycles. The first kappa shape index (κ1) is 12.6. The Morgan fingerprint density at radius 1 is 1.39 bits per heavy atom. The Balaban J connectivity index is 1.86. The van der Waals surface area contributed by atoms with Gasteiger partial charge in [0.2, 0.25) is 0 Å². The molecule has 1 fully saturated rings. The van der Waals surface area contributed by atoms with Gasteiger partial charge in [0, 0.05) is 19.0 Å². The van der Waals surface area contributed by atoms with Crippen molar-refractivity contribution < 1.29 is 14.3 Å². The average molecular weight is 247 g/mol. The van der Waals surface area contributed by atoms with E-state index in [0.29, 0.717) is 13.0 Å². The van der Waals surface area contributed by atoms with Crippen LogP contribution in [0.2, 0.25) is 0 Å². The molecular weight excluding hydrogens is 230 g/mol. The number of rotatable bonds is 4. The zero-order chi connectivity index (χ0) is 12.8. The van der Waals surface area contributed by atoms with E-state index in [-0.39, 0.29) is 18.7 Å². The van der Waals surface area contributed by atoms with E-state index in [2.05, 4.69) is 0 Å². The van der Waals surface area contributed by atoms with Crippen LogP contribution in [-0.2, 0) is 16.1 Å². The Kier molecular flexibility index (Phi) is 4.34. The molecule has 1 aromatic rings. The lowest BCUT2D eigenvalue weighted by molar-refractivity contribution is -0.108. The zero-order valence-corrected chi connectivity index (χ0v) is 10.2. The minimum atomic E-state index is -0.316. The molecule has 1 aromatic carbocycles. The standard InChI is InChI=1S/C14H17NO3/c16-10-8-13-7-4-9-15(13)14(17)18-11-12-5-2-1-3-6-12/h1-3,5-6,10,13H,4,7-9,11H2. The molecular formula is C14H17NO3. The zero-order valence-electron chi connectivity index (χ0n) is 10.2. The molecule has 1 unspecified atom stereocenters. The molecule has 1 heterocycles. The smallest absolute Gasteiger partial charge is 0.410 e. The minimum Gasteiger partial charge on any atom is -0.445 e. The highest BCUT2D eigenvalue weighted by Crippen LogP contribution is 2.20. The van der Waals surface area contributed by atoms with Crippen molar-refractivity contribution in [2.24, 2.45) is 0 Å². The summed E-state index contributed by atoms with van der Waals surface area (Å²) in [5.74, 6) is 0. The van der Waals surface area contributed by atoms with Crippen molar-refractivity contribution in [3.63, 3.8) is 0 Å². The van der Waals surface area contributed by atoms with Gasteiger partial charge in [0.25, 0.3) is 0 Å². The number of carbonyl (C=O) groups excluding carboxylic acids is 2. The van der Waals surface area contributed by atoms with Gasteiger partial charge >= 0.3 is 6.09 Å². The van der Waals surface area contributed by atoms with Crippen LogP contribution in [0.4, 0.5) is 4.79 Å². The maximum absolute atomic E-state index is 11.9. The lowest BCUT2D eigenvalue weighted by Crippen LogP contribution is -2.36. The van der Waals surface area contributed by atoms with E-state index in [1.165, 1.54) is 0 Å². The number of amides is 1. The van der Waals surface area contributed by atoms with Crippen LogP contribution < -0.4 is 0 Å². The van der Waals surface area contributed by atoms with E-state index in [9.17, 15) is 9.59 Å². The molecule has 0 spiro atoms. The van der Waals surface area contributed by atoms with Crippen LogP contribution in [0.25, 0.3) is 0 Å². The highest BCUT2D eigenvalue weighted by molar-refractivity contribution is 5.69. The van der Waals surface area contributed by atoms with Gasteiger partial charge in [0.15, 0.2) is 0 Å². The lowest BCUT2D eigenvalue weighted by atomic mass is 10.2. The lowest BCUT2D eigenvalue weighted by Gasteiger charge is -2.22. The summed E-state index contributed by atoms with van der Waals surface area (Å²) in [6, 6.07) is 9.60. The third-order valence-electron chi connectivity index (χ3n) is 3.19. The van der Waals surface area contributed by atoms with Crippen LogP contribution in [0.3, 0.4) is 0 Å². The van der Waals surface area contributed by atoms with Crippen LogP contribution in [0.5, 0.6) is 0 Å². The van der Waals surface area contributed by atoms with Crippen molar-refractivity contribution in [2.45, 2.75) is 31.9 Å². The van der Waals surface area contributed by atoms with E-state index < -0.39 is 0 Å². The molecule has 1 amide bonds. The summed E-state index contributed by atoms with van der Waals surface area (Å²) in [6.45, 7) is 0.968. The predicted octanol–water partition coefficient (Wildman–Crippen LogP) is 2.38. The Morgan fingerprint density at radius 2 is 2.17 bits per heavy atom. The SMILES string of the molecule is O=CCC1CCCN1C(=O)OCc1ccccc1. The van der Waals surface area contributed by atoms with Crippen LogP contribution in [0, 0.1) is 0 Å². The first-order valence-corrected chi connectivity index (χ1v) is 6.22. The van der Waals surface area contributed by atoms with Gasteiger partial charge < -0.3 is 14.4 Å². The highest BCUT2D eigenvalue weighted by Gasteiger charge is 2.29. The summed E-state index contributed by atoms with van der Waals surface area (Å²) in [4.78, 5) is 24.1. The van der Waals surface area contributed by atoms with E-state index in [4.69, 9.17) is 4.74 Å². The molecule has 1 atom stereocenters. The van der Waals surface area contributed by atoms with E-state index >= 15 is 0 Å².